The summed E-state index contributed by atoms with van der Waals surface area (Å²) in [5, 5.41) is 0. The molecule has 0 radical (unpaired) electrons. The number of carbonyl (C=O) groups excluding carboxylic acids is 1. The van der Waals surface area contributed by atoms with E-state index in [-0.39, 0.29) is 29.7 Å². The Morgan fingerprint density at radius 2 is 1.81 bits per heavy atom. The van der Waals surface area contributed by atoms with Crippen molar-refractivity contribution in [1.29, 1.82) is 0 Å². The largest absolute Gasteiger partial charge is 0.497 e. The molecule has 0 saturated carbocycles. The first-order valence-corrected chi connectivity index (χ1v) is 9.57. The molecule has 2 aromatic rings. The second-order valence-corrected chi connectivity index (χ2v) is 7.85. The van der Waals surface area contributed by atoms with Crippen LogP contribution < -0.4 is 14.4 Å². The minimum absolute atomic E-state index is 0.00441. The summed E-state index contributed by atoms with van der Waals surface area (Å²) in [6.07, 6.45) is 0.262. The Bertz CT molecular complexity index is 882. The maximum atomic E-state index is 12.9. The van der Waals surface area contributed by atoms with E-state index in [1.165, 1.54) is 12.1 Å². The van der Waals surface area contributed by atoms with Crippen LogP contribution in [0.15, 0.2) is 53.4 Å². The van der Waals surface area contributed by atoms with Gasteiger partial charge in [0.15, 0.2) is 0 Å². The smallest absolute Gasteiger partial charge is 0.240 e. The van der Waals surface area contributed by atoms with Gasteiger partial charge in [-0.2, -0.15) is 0 Å². The summed E-state index contributed by atoms with van der Waals surface area (Å²) < 4.78 is 45.1. The number of hydrogen-bond donors (Lipinski definition) is 1. The number of anilines is 1. The van der Waals surface area contributed by atoms with Gasteiger partial charge in [-0.1, -0.05) is 0 Å². The first kappa shape index (κ1) is 18.3. The van der Waals surface area contributed by atoms with E-state index in [0.717, 1.165) is 17.8 Å². The molecule has 1 N–H and O–H groups in total. The molecule has 0 spiro atoms. The molecule has 1 fully saturated rings. The third kappa shape index (κ3) is 4.03. The lowest BCUT2D eigenvalue weighted by molar-refractivity contribution is -0.117. The van der Waals surface area contributed by atoms with Crippen LogP contribution in [0, 0.1) is 11.7 Å². The molecule has 1 aliphatic rings. The molecule has 1 unspecified atom stereocenters. The second kappa shape index (κ2) is 7.43. The normalized spacial score (nSPS) is 17.5. The van der Waals surface area contributed by atoms with Gasteiger partial charge in [0.25, 0.3) is 0 Å². The highest BCUT2D eigenvalue weighted by atomic mass is 32.2. The van der Waals surface area contributed by atoms with Gasteiger partial charge in [0.05, 0.1) is 12.0 Å². The van der Waals surface area contributed by atoms with Gasteiger partial charge in [0.1, 0.15) is 11.6 Å². The fraction of sp³-hybridized carbons (Fsp3) is 0.278. The lowest BCUT2D eigenvalue weighted by Crippen LogP contribution is -2.31. The molecule has 2 aromatic carbocycles. The van der Waals surface area contributed by atoms with E-state index < -0.39 is 15.8 Å². The monoisotopic (exact) mass is 378 g/mol. The minimum Gasteiger partial charge on any atom is -0.497 e. The maximum Gasteiger partial charge on any atom is 0.240 e. The van der Waals surface area contributed by atoms with Crippen molar-refractivity contribution in [3.63, 3.8) is 0 Å². The van der Waals surface area contributed by atoms with Crippen LogP contribution in [0.1, 0.15) is 6.42 Å². The number of rotatable bonds is 6. The number of halogens is 1. The minimum atomic E-state index is -3.74. The van der Waals surface area contributed by atoms with Gasteiger partial charge in [0, 0.05) is 25.2 Å². The van der Waals surface area contributed by atoms with Crippen molar-refractivity contribution in [2.45, 2.75) is 11.3 Å². The van der Waals surface area contributed by atoms with Crippen molar-refractivity contribution >= 4 is 21.6 Å². The summed E-state index contributed by atoms with van der Waals surface area (Å²) >= 11 is 0. The third-order valence-electron chi connectivity index (χ3n) is 4.28. The lowest BCUT2D eigenvalue weighted by atomic mass is 10.1. The van der Waals surface area contributed by atoms with Crippen molar-refractivity contribution in [2.75, 3.05) is 25.1 Å². The molecular formula is C18H19FN2O4S. The second-order valence-electron chi connectivity index (χ2n) is 6.08. The van der Waals surface area contributed by atoms with Crippen molar-refractivity contribution < 1.29 is 22.3 Å². The number of ether oxygens (including phenoxy) is 1. The highest BCUT2D eigenvalue weighted by Crippen LogP contribution is 2.26. The van der Waals surface area contributed by atoms with E-state index in [1.807, 2.05) is 0 Å². The molecule has 1 heterocycles. The number of benzene rings is 2. The number of nitrogens with zero attached hydrogens (tertiary/aromatic N) is 1. The average molecular weight is 378 g/mol. The molecule has 138 valence electrons. The Kier molecular flexibility index (Phi) is 5.24. The Balaban J connectivity index is 1.62. The molecule has 26 heavy (non-hydrogen) atoms. The SMILES string of the molecule is COc1ccc(N2CC(CNS(=O)(=O)c3ccc(F)cc3)CC2=O)cc1. The van der Waals surface area contributed by atoms with Gasteiger partial charge in [-0.15, -0.1) is 0 Å². The fourth-order valence-electron chi connectivity index (χ4n) is 2.85. The van der Waals surface area contributed by atoms with E-state index in [4.69, 9.17) is 4.74 Å². The van der Waals surface area contributed by atoms with Crippen molar-refractivity contribution in [1.82, 2.24) is 4.72 Å². The van der Waals surface area contributed by atoms with Gasteiger partial charge in [-0.05, 0) is 54.4 Å². The average Bonchev–Trinajstić information content (AvgIpc) is 3.01. The van der Waals surface area contributed by atoms with Gasteiger partial charge in [-0.25, -0.2) is 17.5 Å². The first-order chi connectivity index (χ1) is 12.4. The molecule has 0 aliphatic carbocycles. The number of methoxy groups -OCH3 is 1. The summed E-state index contributed by atoms with van der Waals surface area (Å²) in [5.74, 6) is 0.00505. The third-order valence-corrected chi connectivity index (χ3v) is 5.71. The van der Waals surface area contributed by atoms with Crippen molar-refractivity contribution in [2.24, 2.45) is 5.92 Å². The van der Waals surface area contributed by atoms with Gasteiger partial charge in [0.2, 0.25) is 15.9 Å². The van der Waals surface area contributed by atoms with Crippen LogP contribution in [0.25, 0.3) is 0 Å². The highest BCUT2D eigenvalue weighted by Gasteiger charge is 2.31. The van der Waals surface area contributed by atoms with Gasteiger partial charge >= 0.3 is 0 Å². The summed E-state index contributed by atoms with van der Waals surface area (Å²) in [6.45, 7) is 0.565. The van der Waals surface area contributed by atoms with Crippen LogP contribution in [0.3, 0.4) is 0 Å². The van der Waals surface area contributed by atoms with Crippen LogP contribution >= 0.6 is 0 Å². The molecule has 0 bridgehead atoms. The van der Waals surface area contributed by atoms with Crippen LogP contribution in [0.4, 0.5) is 10.1 Å². The molecule has 6 nitrogen and oxygen atoms in total. The van der Waals surface area contributed by atoms with E-state index in [0.29, 0.717) is 12.3 Å². The van der Waals surface area contributed by atoms with E-state index in [9.17, 15) is 17.6 Å². The number of nitrogens with one attached hydrogen (secondary N) is 1. The maximum absolute atomic E-state index is 12.9. The first-order valence-electron chi connectivity index (χ1n) is 8.09. The summed E-state index contributed by atoms with van der Waals surface area (Å²) in [4.78, 5) is 13.9. The summed E-state index contributed by atoms with van der Waals surface area (Å²) in [5.41, 5.74) is 0.750. The summed E-state index contributed by atoms with van der Waals surface area (Å²) in [6, 6.07) is 11.7. The predicted octanol–water partition coefficient (Wildman–Crippen LogP) is 2.17. The molecule has 0 aromatic heterocycles. The topological polar surface area (TPSA) is 75.7 Å². The molecule has 1 amide bonds. The number of carbonyl (C=O) groups is 1. The van der Waals surface area contributed by atoms with Crippen molar-refractivity contribution in [3.8, 4) is 5.75 Å². The van der Waals surface area contributed by atoms with Crippen LogP contribution in [-0.4, -0.2) is 34.5 Å². The molecule has 1 saturated heterocycles. The molecule has 8 heteroatoms. The number of hydrogen-bond acceptors (Lipinski definition) is 4. The van der Waals surface area contributed by atoms with E-state index >= 15 is 0 Å². The Labute approximate surface area is 151 Å². The van der Waals surface area contributed by atoms with Gasteiger partial charge < -0.3 is 9.64 Å². The van der Waals surface area contributed by atoms with Crippen LogP contribution in [0.2, 0.25) is 0 Å². The zero-order valence-corrected chi connectivity index (χ0v) is 15.0. The molecule has 3 rings (SSSR count). The van der Waals surface area contributed by atoms with Gasteiger partial charge in [-0.3, -0.25) is 4.79 Å². The zero-order valence-electron chi connectivity index (χ0n) is 14.2. The van der Waals surface area contributed by atoms with E-state index in [2.05, 4.69) is 4.72 Å². The molecule has 1 atom stereocenters. The lowest BCUT2D eigenvalue weighted by Gasteiger charge is -2.17. The number of amides is 1. The molecular weight excluding hydrogens is 359 g/mol. The van der Waals surface area contributed by atoms with Crippen LogP contribution in [0.5, 0.6) is 5.75 Å². The van der Waals surface area contributed by atoms with Crippen molar-refractivity contribution in [3.05, 3.63) is 54.3 Å². The highest BCUT2D eigenvalue weighted by molar-refractivity contribution is 7.89. The standard InChI is InChI=1S/C18H19FN2O4S/c1-25-16-6-4-15(5-7-16)21-12-13(10-18(21)22)11-20-26(23,24)17-8-2-14(19)3-9-17/h2-9,13,20H,10-12H2,1H3. The predicted molar refractivity (Wildman–Crippen MR) is 95.0 cm³/mol. The number of sulfonamides is 1. The quantitative estimate of drug-likeness (QED) is 0.836. The summed E-state index contributed by atoms with van der Waals surface area (Å²) in [7, 11) is -2.17. The Morgan fingerprint density at radius 1 is 1.15 bits per heavy atom. The zero-order chi connectivity index (χ0) is 18.7. The van der Waals surface area contributed by atoms with E-state index in [1.54, 1.807) is 36.3 Å². The Morgan fingerprint density at radius 3 is 2.42 bits per heavy atom. The molecule has 1 aliphatic heterocycles. The van der Waals surface area contributed by atoms with Crippen LogP contribution in [-0.2, 0) is 14.8 Å². The Hall–Kier alpha value is -2.45. The fourth-order valence-corrected chi connectivity index (χ4v) is 3.97.